The second-order valence-corrected chi connectivity index (χ2v) is 6.67. The van der Waals surface area contributed by atoms with Crippen LogP contribution in [0.1, 0.15) is 18.4 Å². The van der Waals surface area contributed by atoms with Gasteiger partial charge in [0.25, 0.3) is 0 Å². The first-order valence-electron chi connectivity index (χ1n) is 9.63. The van der Waals surface area contributed by atoms with Crippen molar-refractivity contribution < 1.29 is 18.9 Å². The predicted molar refractivity (Wildman–Crippen MR) is 111 cm³/mol. The molecule has 2 rings (SSSR count). The minimum absolute atomic E-state index is 0.509. The first-order valence-corrected chi connectivity index (χ1v) is 9.63. The highest BCUT2D eigenvalue weighted by Gasteiger charge is 2.24. The summed E-state index contributed by atoms with van der Waals surface area (Å²) in [6, 6.07) is 4.38. The number of rotatable bonds is 10. The Labute approximate surface area is 168 Å². The maximum atomic E-state index is 5.42. The number of likely N-dealkylation sites (tertiary alicyclic amines) is 1. The summed E-state index contributed by atoms with van der Waals surface area (Å²) in [6.07, 6.45) is 2.42. The van der Waals surface area contributed by atoms with Crippen LogP contribution in [0.15, 0.2) is 17.1 Å². The molecule has 0 bridgehead atoms. The molecule has 1 unspecified atom stereocenters. The molecule has 0 radical (unpaired) electrons. The van der Waals surface area contributed by atoms with E-state index in [1.165, 1.54) is 12.8 Å². The lowest BCUT2D eigenvalue weighted by Gasteiger charge is -2.25. The summed E-state index contributed by atoms with van der Waals surface area (Å²) in [5, 5.41) is 6.79. The van der Waals surface area contributed by atoms with E-state index < -0.39 is 0 Å². The Morgan fingerprint density at radius 3 is 2.39 bits per heavy atom. The number of nitrogens with zero attached hydrogens (tertiary/aromatic N) is 2. The summed E-state index contributed by atoms with van der Waals surface area (Å²) in [7, 11) is 8.36. The number of guanidine groups is 1. The van der Waals surface area contributed by atoms with Gasteiger partial charge in [-0.05, 0) is 37.1 Å². The lowest BCUT2D eigenvalue weighted by molar-refractivity contribution is 0.141. The fourth-order valence-electron chi connectivity index (χ4n) is 3.49. The van der Waals surface area contributed by atoms with E-state index in [1.807, 2.05) is 12.1 Å². The molecule has 0 saturated carbocycles. The van der Waals surface area contributed by atoms with Gasteiger partial charge in [-0.3, -0.25) is 9.89 Å². The largest absolute Gasteiger partial charge is 0.493 e. The number of hydrogen-bond acceptors (Lipinski definition) is 6. The second kappa shape index (κ2) is 11.6. The van der Waals surface area contributed by atoms with Crippen LogP contribution in [0.2, 0.25) is 0 Å². The second-order valence-electron chi connectivity index (χ2n) is 6.67. The van der Waals surface area contributed by atoms with Crippen LogP contribution in [0.25, 0.3) is 0 Å². The van der Waals surface area contributed by atoms with Gasteiger partial charge in [-0.25, -0.2) is 0 Å². The fourth-order valence-corrected chi connectivity index (χ4v) is 3.49. The molecular formula is C20H34N4O4. The summed E-state index contributed by atoms with van der Waals surface area (Å²) in [5.41, 5.74) is 1.01. The Morgan fingerprint density at radius 2 is 1.82 bits per heavy atom. The number of hydrogen-bond donors (Lipinski definition) is 2. The predicted octanol–water partition coefficient (Wildman–Crippen LogP) is 1.49. The average molecular weight is 395 g/mol. The summed E-state index contributed by atoms with van der Waals surface area (Å²) < 4.78 is 21.4. The van der Waals surface area contributed by atoms with Crippen LogP contribution in [0, 0.1) is 0 Å². The molecule has 1 saturated heterocycles. The average Bonchev–Trinajstić information content (AvgIpc) is 3.18. The highest BCUT2D eigenvalue weighted by atomic mass is 16.5. The van der Waals surface area contributed by atoms with Crippen LogP contribution in [0.5, 0.6) is 17.2 Å². The van der Waals surface area contributed by atoms with Gasteiger partial charge in [-0.1, -0.05) is 0 Å². The summed E-state index contributed by atoms with van der Waals surface area (Å²) in [6.45, 7) is 4.32. The molecule has 1 fully saturated rings. The van der Waals surface area contributed by atoms with Crippen molar-refractivity contribution in [3.63, 3.8) is 0 Å². The van der Waals surface area contributed by atoms with E-state index in [-0.39, 0.29) is 0 Å². The number of ether oxygens (including phenoxy) is 4. The van der Waals surface area contributed by atoms with Crippen molar-refractivity contribution in [3.8, 4) is 17.2 Å². The molecule has 0 spiro atoms. The van der Waals surface area contributed by atoms with Gasteiger partial charge in [0.15, 0.2) is 17.5 Å². The summed E-state index contributed by atoms with van der Waals surface area (Å²) in [4.78, 5) is 6.81. The Bertz CT molecular complexity index is 614. The van der Waals surface area contributed by atoms with Crippen molar-refractivity contribution in [1.29, 1.82) is 0 Å². The standard InChI is InChI=1S/C20H34N4O4/c1-21-20(23-14-16-7-6-8-24(16)9-10-25-2)22-13-15-11-17(26-3)19(28-5)18(12-15)27-4/h11-12,16H,6-10,13-14H2,1-5H3,(H2,21,22,23). The van der Waals surface area contributed by atoms with Crippen molar-refractivity contribution in [2.45, 2.75) is 25.4 Å². The van der Waals surface area contributed by atoms with Gasteiger partial charge in [0.05, 0.1) is 27.9 Å². The quantitative estimate of drug-likeness (QED) is 0.460. The van der Waals surface area contributed by atoms with Crippen molar-refractivity contribution in [1.82, 2.24) is 15.5 Å². The van der Waals surface area contributed by atoms with Gasteiger partial charge >= 0.3 is 0 Å². The molecule has 158 valence electrons. The van der Waals surface area contributed by atoms with Crippen molar-refractivity contribution >= 4 is 5.96 Å². The third-order valence-corrected chi connectivity index (χ3v) is 4.99. The molecule has 2 N–H and O–H groups in total. The monoisotopic (exact) mass is 394 g/mol. The van der Waals surface area contributed by atoms with E-state index in [4.69, 9.17) is 18.9 Å². The van der Waals surface area contributed by atoms with Gasteiger partial charge in [0.2, 0.25) is 5.75 Å². The smallest absolute Gasteiger partial charge is 0.203 e. The van der Waals surface area contributed by atoms with E-state index in [9.17, 15) is 0 Å². The van der Waals surface area contributed by atoms with Crippen LogP contribution in [0.4, 0.5) is 0 Å². The van der Waals surface area contributed by atoms with Crippen LogP contribution >= 0.6 is 0 Å². The van der Waals surface area contributed by atoms with Gasteiger partial charge in [0.1, 0.15) is 0 Å². The molecule has 1 aromatic carbocycles. The zero-order valence-electron chi connectivity index (χ0n) is 17.7. The third kappa shape index (κ3) is 5.90. The van der Waals surface area contributed by atoms with Gasteiger partial charge in [-0.2, -0.15) is 0 Å². The van der Waals surface area contributed by atoms with E-state index in [1.54, 1.807) is 35.5 Å². The van der Waals surface area contributed by atoms with E-state index in [2.05, 4.69) is 20.5 Å². The Morgan fingerprint density at radius 1 is 1.11 bits per heavy atom. The fraction of sp³-hybridized carbons (Fsp3) is 0.650. The van der Waals surface area contributed by atoms with Crippen LogP contribution in [-0.2, 0) is 11.3 Å². The number of benzene rings is 1. The summed E-state index contributed by atoms with van der Waals surface area (Å²) in [5.74, 6) is 2.64. The van der Waals surface area contributed by atoms with Gasteiger partial charge in [0, 0.05) is 39.8 Å². The highest BCUT2D eigenvalue weighted by molar-refractivity contribution is 5.79. The molecule has 1 atom stereocenters. The molecule has 8 nitrogen and oxygen atoms in total. The minimum atomic E-state index is 0.509. The summed E-state index contributed by atoms with van der Waals surface area (Å²) >= 11 is 0. The Balaban J connectivity index is 1.91. The van der Waals surface area contributed by atoms with E-state index in [0.717, 1.165) is 37.8 Å². The zero-order chi connectivity index (χ0) is 20.4. The van der Waals surface area contributed by atoms with Crippen LogP contribution < -0.4 is 24.8 Å². The highest BCUT2D eigenvalue weighted by Crippen LogP contribution is 2.38. The van der Waals surface area contributed by atoms with Crippen molar-refractivity contribution in [3.05, 3.63) is 17.7 Å². The lowest BCUT2D eigenvalue weighted by atomic mass is 10.2. The molecule has 1 aromatic rings. The maximum Gasteiger partial charge on any atom is 0.203 e. The lowest BCUT2D eigenvalue weighted by Crippen LogP contribution is -2.45. The van der Waals surface area contributed by atoms with Crippen molar-refractivity contribution in [2.24, 2.45) is 4.99 Å². The number of methoxy groups -OCH3 is 4. The van der Waals surface area contributed by atoms with Crippen LogP contribution in [0.3, 0.4) is 0 Å². The van der Waals surface area contributed by atoms with E-state index >= 15 is 0 Å². The van der Waals surface area contributed by atoms with Gasteiger partial charge in [-0.15, -0.1) is 0 Å². The normalized spacial score (nSPS) is 17.5. The molecule has 28 heavy (non-hydrogen) atoms. The number of aliphatic imine (C=N–C) groups is 1. The van der Waals surface area contributed by atoms with Crippen molar-refractivity contribution in [2.75, 3.05) is 61.7 Å². The maximum absolute atomic E-state index is 5.42. The first-order chi connectivity index (χ1) is 13.7. The molecule has 0 amide bonds. The molecule has 1 aliphatic heterocycles. The molecule has 0 aliphatic carbocycles. The number of nitrogens with one attached hydrogen (secondary N) is 2. The molecule has 8 heteroatoms. The SMILES string of the molecule is CN=C(NCc1cc(OC)c(OC)c(OC)c1)NCC1CCCN1CCOC. The first kappa shape index (κ1) is 22.1. The topological polar surface area (TPSA) is 76.6 Å². The molecule has 1 aliphatic rings. The Hall–Kier alpha value is -2.19. The molecule has 1 heterocycles. The van der Waals surface area contributed by atoms with Gasteiger partial charge < -0.3 is 29.6 Å². The molecular weight excluding hydrogens is 360 g/mol. The minimum Gasteiger partial charge on any atom is -0.493 e. The third-order valence-electron chi connectivity index (χ3n) is 4.99. The van der Waals surface area contributed by atoms with Crippen LogP contribution in [-0.4, -0.2) is 78.6 Å². The van der Waals surface area contributed by atoms with E-state index in [0.29, 0.717) is 29.8 Å². The molecule has 0 aromatic heterocycles. The zero-order valence-corrected chi connectivity index (χ0v) is 17.7. The Kier molecular flexibility index (Phi) is 9.16.